The highest BCUT2D eigenvalue weighted by atomic mass is 35.5. The molecule has 1 aromatic heterocycles. The van der Waals surface area contributed by atoms with Gasteiger partial charge in [-0.2, -0.15) is 0 Å². The average molecular weight is 245 g/mol. The molecular weight excluding hydrogens is 232 g/mol. The van der Waals surface area contributed by atoms with Gasteiger partial charge in [-0.3, -0.25) is 14.3 Å². The van der Waals surface area contributed by atoms with Crippen LogP contribution in [-0.4, -0.2) is 21.8 Å². The van der Waals surface area contributed by atoms with Crippen molar-refractivity contribution in [3.63, 3.8) is 0 Å². The third kappa shape index (κ3) is 2.36. The summed E-state index contributed by atoms with van der Waals surface area (Å²) in [5.74, 6) is 0. The Morgan fingerprint density at radius 2 is 2.31 bits per heavy atom. The molecule has 2 rings (SSSR count). The Hall–Kier alpha value is -1.07. The lowest BCUT2D eigenvalue weighted by molar-refractivity contribution is 0.0449. The van der Waals surface area contributed by atoms with E-state index in [1.54, 1.807) is 0 Å². The lowest BCUT2D eigenvalue weighted by Gasteiger charge is -2.12. The minimum Gasteiger partial charge on any atom is -0.373 e. The van der Waals surface area contributed by atoms with Crippen LogP contribution in [-0.2, 0) is 11.3 Å². The number of hydrogen-bond donors (Lipinski definition) is 1. The second kappa shape index (κ2) is 4.43. The molecule has 1 saturated heterocycles. The smallest absolute Gasteiger partial charge is 0.328 e. The fourth-order valence-electron chi connectivity index (χ4n) is 1.86. The summed E-state index contributed by atoms with van der Waals surface area (Å²) in [6.07, 6.45) is 3.53. The van der Waals surface area contributed by atoms with Gasteiger partial charge in [-0.05, 0) is 19.8 Å². The SMILES string of the molecule is CC1CCC(Cn2cc(Cl)c(=O)[nH]c2=O)O1. The van der Waals surface area contributed by atoms with E-state index in [4.69, 9.17) is 16.3 Å². The molecule has 2 unspecified atom stereocenters. The number of ether oxygens (including phenoxy) is 1. The van der Waals surface area contributed by atoms with E-state index in [9.17, 15) is 9.59 Å². The quantitative estimate of drug-likeness (QED) is 0.835. The molecule has 5 nitrogen and oxygen atoms in total. The van der Waals surface area contributed by atoms with Gasteiger partial charge in [-0.15, -0.1) is 0 Å². The highest BCUT2D eigenvalue weighted by Gasteiger charge is 2.22. The van der Waals surface area contributed by atoms with Crippen LogP contribution in [0.25, 0.3) is 0 Å². The molecule has 0 bridgehead atoms. The molecule has 0 aliphatic carbocycles. The first-order chi connectivity index (χ1) is 7.56. The second-order valence-electron chi connectivity index (χ2n) is 4.03. The van der Waals surface area contributed by atoms with Crippen LogP contribution in [0.3, 0.4) is 0 Å². The van der Waals surface area contributed by atoms with Crippen molar-refractivity contribution in [3.05, 3.63) is 32.1 Å². The zero-order valence-electron chi connectivity index (χ0n) is 8.90. The fourth-order valence-corrected chi connectivity index (χ4v) is 2.02. The second-order valence-corrected chi connectivity index (χ2v) is 4.44. The predicted molar refractivity (Wildman–Crippen MR) is 59.9 cm³/mol. The summed E-state index contributed by atoms with van der Waals surface area (Å²) in [6.45, 7) is 2.43. The third-order valence-electron chi connectivity index (χ3n) is 2.69. The summed E-state index contributed by atoms with van der Waals surface area (Å²) >= 11 is 5.66. The molecule has 0 amide bonds. The van der Waals surface area contributed by atoms with Gasteiger partial charge in [0.25, 0.3) is 5.56 Å². The number of nitrogens with one attached hydrogen (secondary N) is 1. The van der Waals surface area contributed by atoms with Gasteiger partial charge in [0.15, 0.2) is 0 Å². The summed E-state index contributed by atoms with van der Waals surface area (Å²) in [5, 5.41) is 0.0191. The van der Waals surface area contributed by atoms with Gasteiger partial charge in [0, 0.05) is 6.20 Å². The van der Waals surface area contributed by atoms with Gasteiger partial charge in [0.05, 0.1) is 18.8 Å². The Morgan fingerprint density at radius 3 is 2.94 bits per heavy atom. The van der Waals surface area contributed by atoms with Gasteiger partial charge >= 0.3 is 5.69 Å². The molecule has 1 aliphatic rings. The monoisotopic (exact) mass is 244 g/mol. The molecule has 2 atom stereocenters. The van der Waals surface area contributed by atoms with E-state index in [-0.39, 0.29) is 17.2 Å². The Labute approximate surface area is 97.0 Å². The molecule has 1 N–H and O–H groups in total. The predicted octanol–water partition coefficient (Wildman–Crippen LogP) is 0.757. The molecule has 1 fully saturated rings. The van der Waals surface area contributed by atoms with Crippen molar-refractivity contribution in [1.29, 1.82) is 0 Å². The summed E-state index contributed by atoms with van der Waals surface area (Å²) in [4.78, 5) is 24.7. The molecule has 88 valence electrons. The highest BCUT2D eigenvalue weighted by Crippen LogP contribution is 2.19. The number of halogens is 1. The minimum absolute atomic E-state index is 0.0191. The van der Waals surface area contributed by atoms with Crippen molar-refractivity contribution in [3.8, 4) is 0 Å². The normalized spacial score (nSPS) is 24.9. The molecule has 1 aromatic rings. The average Bonchev–Trinajstić information content (AvgIpc) is 2.60. The fraction of sp³-hybridized carbons (Fsp3) is 0.600. The number of nitrogens with zero attached hydrogens (tertiary/aromatic N) is 1. The van der Waals surface area contributed by atoms with Crippen molar-refractivity contribution in [2.75, 3.05) is 0 Å². The maximum atomic E-state index is 11.5. The van der Waals surface area contributed by atoms with Crippen LogP contribution in [0.5, 0.6) is 0 Å². The van der Waals surface area contributed by atoms with Crippen LogP contribution in [0, 0.1) is 0 Å². The zero-order valence-corrected chi connectivity index (χ0v) is 9.66. The van der Waals surface area contributed by atoms with E-state index in [0.29, 0.717) is 6.54 Å². The first-order valence-corrected chi connectivity index (χ1v) is 5.59. The van der Waals surface area contributed by atoms with E-state index in [2.05, 4.69) is 4.98 Å². The Kier molecular flexibility index (Phi) is 3.16. The van der Waals surface area contributed by atoms with Crippen LogP contribution in [0.2, 0.25) is 5.02 Å². The Balaban J connectivity index is 2.19. The molecule has 6 heteroatoms. The number of aromatic amines is 1. The summed E-state index contributed by atoms with van der Waals surface area (Å²) in [5.41, 5.74) is -0.999. The van der Waals surface area contributed by atoms with Gasteiger partial charge in [0.1, 0.15) is 5.02 Å². The number of H-pyrrole nitrogens is 1. The zero-order chi connectivity index (χ0) is 11.7. The summed E-state index contributed by atoms with van der Waals surface area (Å²) in [7, 11) is 0. The third-order valence-corrected chi connectivity index (χ3v) is 2.96. The number of hydrogen-bond acceptors (Lipinski definition) is 3. The molecule has 0 spiro atoms. The topological polar surface area (TPSA) is 64.1 Å². The van der Waals surface area contributed by atoms with Crippen LogP contribution in [0.15, 0.2) is 15.8 Å². The molecule has 1 aliphatic heterocycles. The highest BCUT2D eigenvalue weighted by molar-refractivity contribution is 6.30. The minimum atomic E-state index is -0.552. The van der Waals surface area contributed by atoms with E-state index in [1.165, 1.54) is 10.8 Å². The van der Waals surface area contributed by atoms with Crippen LogP contribution >= 0.6 is 11.6 Å². The van der Waals surface area contributed by atoms with E-state index in [0.717, 1.165) is 12.8 Å². The van der Waals surface area contributed by atoms with E-state index >= 15 is 0 Å². The van der Waals surface area contributed by atoms with Gasteiger partial charge in [-0.25, -0.2) is 4.79 Å². The van der Waals surface area contributed by atoms with Crippen molar-refractivity contribution in [1.82, 2.24) is 9.55 Å². The maximum Gasteiger partial charge on any atom is 0.328 e. The molecule has 0 radical (unpaired) electrons. The Bertz CT molecular complexity index is 494. The standard InChI is InChI=1S/C10H13ClN2O3/c1-6-2-3-7(16-6)4-13-5-8(11)9(14)12-10(13)15/h5-7H,2-4H2,1H3,(H,12,14,15). The van der Waals surface area contributed by atoms with Crippen LogP contribution < -0.4 is 11.2 Å². The van der Waals surface area contributed by atoms with Crippen molar-refractivity contribution in [2.24, 2.45) is 0 Å². The molecule has 2 heterocycles. The molecule has 0 saturated carbocycles. The van der Waals surface area contributed by atoms with Gasteiger partial charge in [0.2, 0.25) is 0 Å². The van der Waals surface area contributed by atoms with E-state index < -0.39 is 11.2 Å². The first-order valence-electron chi connectivity index (χ1n) is 5.21. The lowest BCUT2D eigenvalue weighted by atomic mass is 10.2. The molecule has 0 aromatic carbocycles. The van der Waals surface area contributed by atoms with Gasteiger partial charge < -0.3 is 4.74 Å². The molecule has 16 heavy (non-hydrogen) atoms. The maximum absolute atomic E-state index is 11.5. The Morgan fingerprint density at radius 1 is 1.56 bits per heavy atom. The summed E-state index contributed by atoms with van der Waals surface area (Å²) < 4.78 is 6.98. The van der Waals surface area contributed by atoms with Gasteiger partial charge in [-0.1, -0.05) is 11.6 Å². The van der Waals surface area contributed by atoms with E-state index in [1.807, 2.05) is 6.92 Å². The first kappa shape index (κ1) is 11.4. The van der Waals surface area contributed by atoms with Crippen LogP contribution in [0.1, 0.15) is 19.8 Å². The largest absolute Gasteiger partial charge is 0.373 e. The number of rotatable bonds is 2. The van der Waals surface area contributed by atoms with Crippen molar-refractivity contribution >= 4 is 11.6 Å². The van der Waals surface area contributed by atoms with Crippen molar-refractivity contribution < 1.29 is 4.74 Å². The number of aromatic nitrogens is 2. The lowest BCUT2D eigenvalue weighted by Crippen LogP contribution is -2.33. The van der Waals surface area contributed by atoms with Crippen LogP contribution in [0.4, 0.5) is 0 Å². The molecular formula is C10H13ClN2O3. The van der Waals surface area contributed by atoms with Crippen molar-refractivity contribution in [2.45, 2.75) is 38.5 Å². The summed E-state index contributed by atoms with van der Waals surface area (Å²) in [6, 6.07) is 0.